The number of aryl methyl sites for hydroxylation is 1. The van der Waals surface area contributed by atoms with E-state index < -0.39 is 0 Å². The Morgan fingerprint density at radius 1 is 0.732 bits per heavy atom. The lowest BCUT2D eigenvalue weighted by atomic mass is 9.94. The van der Waals surface area contributed by atoms with Gasteiger partial charge >= 0.3 is 0 Å². The van der Waals surface area contributed by atoms with Crippen molar-refractivity contribution in [3.05, 3.63) is 198 Å². The summed E-state index contributed by atoms with van der Waals surface area (Å²) in [6.07, 6.45) is 5.75. The summed E-state index contributed by atoms with van der Waals surface area (Å²) >= 11 is 0. The normalized spacial score (nSPS) is 10.7. The summed E-state index contributed by atoms with van der Waals surface area (Å²) in [4.78, 5) is 0. The number of amidine groups is 1. The van der Waals surface area contributed by atoms with Crippen molar-refractivity contribution in [3.63, 3.8) is 0 Å². The van der Waals surface area contributed by atoms with E-state index in [0.717, 1.165) is 66.3 Å². The Morgan fingerprint density at radius 2 is 1.41 bits per heavy atom. The second-order valence-corrected chi connectivity index (χ2v) is 13.4. The Balaban J connectivity index is 0.000000172. The summed E-state index contributed by atoms with van der Waals surface area (Å²) < 4.78 is 8.22. The zero-order valence-electron chi connectivity index (χ0n) is 31.2. The fourth-order valence-electron chi connectivity index (χ4n) is 6.97. The number of nitrogens with one attached hydrogen (secondary N) is 1. The largest absolute Gasteiger partial charge is 0.456 e. The Morgan fingerprint density at radius 3 is 2.05 bits per heavy atom. The van der Waals surface area contributed by atoms with Crippen LogP contribution in [0.1, 0.15) is 33.4 Å². The van der Waals surface area contributed by atoms with Gasteiger partial charge in [0.2, 0.25) is 0 Å². The van der Waals surface area contributed by atoms with Gasteiger partial charge in [-0.1, -0.05) is 116 Å². The van der Waals surface area contributed by atoms with Crippen LogP contribution in [0.15, 0.2) is 169 Å². The molecule has 0 unspecified atom stereocenters. The second kappa shape index (κ2) is 16.3. The number of fused-ring (bicyclic) bond motifs is 5. The smallest absolute Gasteiger partial charge is 0.135 e. The van der Waals surface area contributed by atoms with Crippen LogP contribution in [0.4, 0.5) is 0 Å². The van der Waals surface area contributed by atoms with Crippen LogP contribution in [0.2, 0.25) is 0 Å². The third-order valence-electron chi connectivity index (χ3n) is 9.87. The van der Waals surface area contributed by atoms with Crippen molar-refractivity contribution in [1.82, 2.24) is 4.57 Å². The molecule has 9 rings (SSSR count). The van der Waals surface area contributed by atoms with Crippen LogP contribution < -0.4 is 11.5 Å². The molecule has 2 aromatic heterocycles. The minimum absolute atomic E-state index is 0.0618. The molecule has 0 radical (unpaired) electrons. The lowest BCUT2D eigenvalue weighted by Gasteiger charge is -2.11. The third kappa shape index (κ3) is 7.49. The molecule has 56 heavy (non-hydrogen) atoms. The van der Waals surface area contributed by atoms with Crippen LogP contribution in [0.5, 0.6) is 0 Å². The van der Waals surface area contributed by atoms with Gasteiger partial charge < -0.3 is 20.5 Å². The molecule has 0 amide bonds. The average molecular weight is 728 g/mol. The zero-order valence-corrected chi connectivity index (χ0v) is 31.2. The van der Waals surface area contributed by atoms with Gasteiger partial charge in [0.1, 0.15) is 17.0 Å². The van der Waals surface area contributed by atoms with Gasteiger partial charge in [-0.2, -0.15) is 5.26 Å². The molecule has 0 aliphatic heterocycles. The third-order valence-corrected chi connectivity index (χ3v) is 9.87. The van der Waals surface area contributed by atoms with Crippen molar-refractivity contribution in [2.24, 2.45) is 11.5 Å². The number of aromatic nitrogens is 1. The predicted octanol–water partition coefficient (Wildman–Crippen LogP) is 11.9. The van der Waals surface area contributed by atoms with E-state index in [1.54, 1.807) is 0 Å². The Hall–Kier alpha value is -7.46. The molecule has 0 fully saturated rings. The van der Waals surface area contributed by atoms with Crippen molar-refractivity contribution in [1.29, 1.82) is 10.7 Å². The van der Waals surface area contributed by atoms with Crippen molar-refractivity contribution < 1.29 is 4.42 Å². The summed E-state index contributed by atoms with van der Waals surface area (Å²) in [6.45, 7) is 10.3. The number of furan rings is 1. The fourth-order valence-corrected chi connectivity index (χ4v) is 6.97. The molecule has 0 atom stereocenters. The molecule has 0 spiro atoms. The first-order chi connectivity index (χ1) is 27.3. The van der Waals surface area contributed by atoms with Gasteiger partial charge in [0.05, 0.1) is 17.1 Å². The van der Waals surface area contributed by atoms with Gasteiger partial charge in [-0.05, 0) is 106 Å². The Labute approximate surface area is 326 Å². The van der Waals surface area contributed by atoms with Gasteiger partial charge in [-0.3, -0.25) is 5.41 Å². The Bertz CT molecular complexity index is 2930. The molecule has 0 aliphatic carbocycles. The van der Waals surface area contributed by atoms with Crippen molar-refractivity contribution >= 4 is 61.6 Å². The number of hydrogen-bond acceptors (Lipinski definition) is 4. The highest BCUT2D eigenvalue weighted by atomic mass is 16.3. The molecular formula is C50H41N5O. The topological polar surface area (TPSA) is 118 Å². The summed E-state index contributed by atoms with van der Waals surface area (Å²) in [6, 6.07) is 50.6. The van der Waals surface area contributed by atoms with E-state index in [4.69, 9.17) is 21.3 Å². The van der Waals surface area contributed by atoms with Crippen molar-refractivity contribution in [3.8, 4) is 22.9 Å². The molecule has 6 nitrogen and oxygen atoms in total. The monoisotopic (exact) mass is 727 g/mol. The van der Waals surface area contributed by atoms with E-state index in [0.29, 0.717) is 17.7 Å². The van der Waals surface area contributed by atoms with E-state index in [1.165, 1.54) is 16.3 Å². The van der Waals surface area contributed by atoms with Gasteiger partial charge in [0, 0.05) is 40.2 Å². The number of rotatable bonds is 6. The maximum Gasteiger partial charge on any atom is 0.135 e. The van der Waals surface area contributed by atoms with E-state index in [-0.39, 0.29) is 5.84 Å². The first kappa shape index (κ1) is 36.9. The number of hydrogen-bond donors (Lipinski definition) is 3. The highest BCUT2D eigenvalue weighted by molar-refractivity contribution is 6.07. The summed E-state index contributed by atoms with van der Waals surface area (Å²) in [5, 5.41) is 22.3. The summed E-state index contributed by atoms with van der Waals surface area (Å²) in [7, 11) is 0. The molecule has 9 aromatic rings. The fraction of sp³-hybridized carbons (Fsp3) is 0.0400. The first-order valence-corrected chi connectivity index (χ1v) is 18.3. The van der Waals surface area contributed by atoms with Crippen molar-refractivity contribution in [2.75, 3.05) is 0 Å². The zero-order chi connectivity index (χ0) is 39.2. The molecule has 6 heteroatoms. The minimum atomic E-state index is 0.0618. The van der Waals surface area contributed by atoms with Crippen LogP contribution in [-0.2, 0) is 6.54 Å². The number of nitrogens with two attached hydrogens (primary N) is 2. The van der Waals surface area contributed by atoms with Gasteiger partial charge in [0.25, 0.3) is 0 Å². The molecule has 0 bridgehead atoms. The van der Waals surface area contributed by atoms with Crippen LogP contribution >= 0.6 is 0 Å². The first-order valence-electron chi connectivity index (χ1n) is 18.3. The average Bonchev–Trinajstić information content (AvgIpc) is 3.84. The van der Waals surface area contributed by atoms with Crippen LogP contribution in [0.3, 0.4) is 0 Å². The van der Waals surface area contributed by atoms with E-state index >= 15 is 0 Å². The highest BCUT2D eigenvalue weighted by Crippen LogP contribution is 2.35. The standard InChI is InChI=1S/C28H18N4O.C15H15N.C7H8/c29-16-17-1-8-25-21(13-17)11-12-32(25)22-7-10-27-24(15-22)23-14-20(6-9-26(23)33-27)18-2-4-19(5-3-18)28(30)31;1-3-11-9-12(10-16)14-7-5-6-8-15(14)13(11)4-2;1-7-5-3-2-4-6-7/h1-15H,(H3,30,31);3-9H,1-2,10,16H2;2-6H,1H3. The Kier molecular flexibility index (Phi) is 10.7. The number of nitrogen functional groups attached to an aromatic ring is 1. The predicted molar refractivity (Wildman–Crippen MR) is 235 cm³/mol. The number of nitriles is 1. The van der Waals surface area contributed by atoms with Crippen LogP contribution in [0.25, 0.3) is 72.6 Å². The SMILES string of the molecule is C=Cc1cc(CN)c2ccccc2c1C=C.Cc1ccccc1.N#Cc1ccc2c(ccn2-c2ccc3oc4ccc(-c5ccc(C(=N)N)cc5)cc4c3c2)c1. The number of benzene rings is 7. The van der Waals surface area contributed by atoms with Crippen LogP contribution in [0, 0.1) is 23.7 Å². The molecule has 272 valence electrons. The van der Waals surface area contributed by atoms with E-state index in [9.17, 15) is 5.26 Å². The molecule has 0 saturated heterocycles. The van der Waals surface area contributed by atoms with Gasteiger partial charge in [0.15, 0.2) is 0 Å². The van der Waals surface area contributed by atoms with E-state index in [2.05, 4.69) is 73.2 Å². The molecule has 0 aliphatic rings. The molecular weight excluding hydrogens is 687 g/mol. The van der Waals surface area contributed by atoms with Crippen molar-refractivity contribution in [2.45, 2.75) is 13.5 Å². The molecule has 7 aromatic carbocycles. The van der Waals surface area contributed by atoms with Crippen LogP contribution in [-0.4, -0.2) is 10.4 Å². The lowest BCUT2D eigenvalue weighted by molar-refractivity contribution is 0.669. The summed E-state index contributed by atoms with van der Waals surface area (Å²) in [5.74, 6) is 0.0618. The lowest BCUT2D eigenvalue weighted by Crippen LogP contribution is -2.10. The molecule has 0 saturated carbocycles. The quantitative estimate of drug-likeness (QED) is 0.117. The highest BCUT2D eigenvalue weighted by Gasteiger charge is 2.12. The minimum Gasteiger partial charge on any atom is -0.456 e. The summed E-state index contributed by atoms with van der Waals surface area (Å²) in [5.41, 5.74) is 23.3. The maximum atomic E-state index is 9.18. The van der Waals surface area contributed by atoms with Gasteiger partial charge in [-0.25, -0.2) is 0 Å². The molecule has 2 heterocycles. The second-order valence-electron chi connectivity index (χ2n) is 13.4. The van der Waals surface area contributed by atoms with E-state index in [1.807, 2.05) is 121 Å². The number of nitrogens with zero attached hydrogens (tertiary/aromatic N) is 2. The molecule has 5 N–H and O–H groups in total. The maximum absolute atomic E-state index is 9.18. The van der Waals surface area contributed by atoms with Gasteiger partial charge in [-0.15, -0.1) is 0 Å².